The Balaban J connectivity index is 0.000000202. The number of carbonyl (C=O) groups is 1. The Hall–Kier alpha value is -3.99. The van der Waals surface area contributed by atoms with Crippen LogP contribution in [0.4, 0.5) is 0 Å². The van der Waals surface area contributed by atoms with Gasteiger partial charge in [0.05, 0.1) is 10.9 Å². The van der Waals surface area contributed by atoms with Crippen molar-refractivity contribution >= 4 is 33.2 Å². The maximum Gasteiger partial charge on any atom is 0.338 e. The lowest BCUT2D eigenvalue weighted by Crippen LogP contribution is -2.25. The van der Waals surface area contributed by atoms with Crippen molar-refractivity contribution in [2.75, 3.05) is 0 Å². The van der Waals surface area contributed by atoms with E-state index in [0.29, 0.717) is 11.1 Å². The SMILES string of the molecule is CC(C)(C)OC(=O)c1ccc2ccc3c(c2c1)CCC1=C3C=CCC1.[O-][n+]1cccc2cnccc21. The van der Waals surface area contributed by atoms with Gasteiger partial charge < -0.3 is 9.94 Å². The summed E-state index contributed by atoms with van der Waals surface area (Å²) in [5.41, 5.74) is 6.50. The fraction of sp³-hybridized carbons (Fsp3) is 0.258. The molecule has 0 bridgehead atoms. The van der Waals surface area contributed by atoms with Crippen LogP contribution in [0.5, 0.6) is 0 Å². The number of nitrogens with zero attached hydrogens (tertiary/aromatic N) is 2. The molecule has 0 amide bonds. The van der Waals surface area contributed by atoms with Gasteiger partial charge in [-0.25, -0.2) is 4.79 Å². The minimum absolute atomic E-state index is 0.250. The fourth-order valence-electron chi connectivity index (χ4n) is 4.93. The number of aromatic nitrogens is 2. The second-order valence-electron chi connectivity index (χ2n) is 10.3. The number of hydrogen-bond donors (Lipinski definition) is 0. The van der Waals surface area contributed by atoms with Gasteiger partial charge in [-0.05, 0) is 92.1 Å². The monoisotopic (exact) mass is 478 g/mol. The highest BCUT2D eigenvalue weighted by Gasteiger charge is 2.22. The lowest BCUT2D eigenvalue weighted by molar-refractivity contribution is -0.577. The maximum atomic E-state index is 12.5. The van der Waals surface area contributed by atoms with Crippen LogP contribution in [-0.4, -0.2) is 16.6 Å². The Morgan fingerprint density at radius 2 is 1.86 bits per heavy atom. The van der Waals surface area contributed by atoms with E-state index in [4.69, 9.17) is 4.74 Å². The molecular weight excluding hydrogens is 448 g/mol. The quantitative estimate of drug-likeness (QED) is 0.173. The highest BCUT2D eigenvalue weighted by molar-refractivity contribution is 5.99. The van der Waals surface area contributed by atoms with Gasteiger partial charge in [0, 0.05) is 24.5 Å². The van der Waals surface area contributed by atoms with Crippen LogP contribution in [0.2, 0.25) is 0 Å². The summed E-state index contributed by atoms with van der Waals surface area (Å²) in [6, 6.07) is 15.6. The lowest BCUT2D eigenvalue weighted by atomic mass is 9.79. The van der Waals surface area contributed by atoms with Crippen molar-refractivity contribution < 1.29 is 14.3 Å². The van der Waals surface area contributed by atoms with Crippen LogP contribution >= 0.6 is 0 Å². The van der Waals surface area contributed by atoms with E-state index in [9.17, 15) is 10.0 Å². The molecule has 0 unspecified atom stereocenters. The average Bonchev–Trinajstić information content (AvgIpc) is 2.88. The number of fused-ring (bicyclic) bond motifs is 5. The molecular formula is C31H30N2O3. The molecule has 5 nitrogen and oxygen atoms in total. The van der Waals surface area contributed by atoms with Crippen LogP contribution in [-0.2, 0) is 11.2 Å². The third-order valence-electron chi connectivity index (χ3n) is 6.58. The molecule has 182 valence electrons. The van der Waals surface area contributed by atoms with Gasteiger partial charge in [-0.2, -0.15) is 4.73 Å². The number of rotatable bonds is 1. The second kappa shape index (κ2) is 9.57. The standard InChI is InChI=1S/C23H24O2.C8H6N2O/c1-23(2,3)25-22(24)17-9-8-16-11-12-19-18-7-5-4-6-15(18)10-13-20(19)21(16)14-17;11-10-5-1-2-7-6-9-4-3-8(7)10/h5,7-9,11-12,14H,4,6,10,13H2,1-3H3;1-6H. The van der Waals surface area contributed by atoms with Gasteiger partial charge in [-0.3, -0.25) is 4.98 Å². The molecule has 5 heteroatoms. The highest BCUT2D eigenvalue weighted by atomic mass is 16.6. The van der Waals surface area contributed by atoms with Gasteiger partial charge in [0.2, 0.25) is 5.52 Å². The topological polar surface area (TPSA) is 66.1 Å². The van der Waals surface area contributed by atoms with Crippen molar-refractivity contribution in [1.29, 1.82) is 0 Å². The zero-order valence-electron chi connectivity index (χ0n) is 21.0. The first-order chi connectivity index (χ1) is 17.3. The summed E-state index contributed by atoms with van der Waals surface area (Å²) in [5, 5.41) is 14.3. The van der Waals surface area contributed by atoms with E-state index in [1.54, 1.807) is 30.1 Å². The lowest BCUT2D eigenvalue weighted by Gasteiger charge is -2.25. The number of esters is 1. The van der Waals surface area contributed by atoms with Gasteiger partial charge in [-0.15, -0.1) is 0 Å². The third-order valence-corrected chi connectivity index (χ3v) is 6.58. The van der Waals surface area contributed by atoms with E-state index in [1.807, 2.05) is 45.0 Å². The van der Waals surface area contributed by atoms with Crippen molar-refractivity contribution in [3.05, 3.63) is 107 Å². The van der Waals surface area contributed by atoms with Gasteiger partial charge in [0.15, 0.2) is 6.20 Å². The predicted octanol–water partition coefficient (Wildman–Crippen LogP) is 6.71. The number of carbonyl (C=O) groups excluding carboxylic acids is 1. The number of pyridine rings is 2. The summed E-state index contributed by atoms with van der Waals surface area (Å²) in [6.45, 7) is 5.70. The molecule has 0 N–H and O–H groups in total. The summed E-state index contributed by atoms with van der Waals surface area (Å²) in [7, 11) is 0. The van der Waals surface area contributed by atoms with Crippen LogP contribution in [0.15, 0.2) is 84.8 Å². The molecule has 0 saturated heterocycles. The summed E-state index contributed by atoms with van der Waals surface area (Å²) in [5.74, 6) is -0.250. The second-order valence-corrected chi connectivity index (χ2v) is 10.3. The fourth-order valence-corrected chi connectivity index (χ4v) is 4.93. The van der Waals surface area contributed by atoms with E-state index < -0.39 is 5.60 Å². The van der Waals surface area contributed by atoms with Gasteiger partial charge >= 0.3 is 5.97 Å². The predicted molar refractivity (Wildman–Crippen MR) is 143 cm³/mol. The smallest absolute Gasteiger partial charge is 0.338 e. The van der Waals surface area contributed by atoms with Crippen LogP contribution in [0, 0.1) is 5.21 Å². The van der Waals surface area contributed by atoms with Crippen LogP contribution in [0.1, 0.15) is 61.5 Å². The molecule has 0 aliphatic heterocycles. The van der Waals surface area contributed by atoms with E-state index in [-0.39, 0.29) is 5.97 Å². The van der Waals surface area contributed by atoms with Crippen LogP contribution in [0.3, 0.4) is 0 Å². The van der Waals surface area contributed by atoms with Crippen LogP contribution in [0.25, 0.3) is 27.2 Å². The largest absolute Gasteiger partial charge is 0.618 e. The normalized spacial score (nSPS) is 14.6. The molecule has 4 aromatic rings. The molecule has 36 heavy (non-hydrogen) atoms. The molecule has 2 heterocycles. The number of ether oxygens (including phenoxy) is 1. The molecule has 2 aliphatic carbocycles. The Morgan fingerprint density at radius 1 is 1.03 bits per heavy atom. The number of benzene rings is 2. The number of hydrogen-bond acceptors (Lipinski definition) is 4. The Labute approximate surface area is 211 Å². The van der Waals surface area contributed by atoms with E-state index >= 15 is 0 Å². The first kappa shape index (κ1) is 23.7. The molecule has 0 spiro atoms. The zero-order valence-corrected chi connectivity index (χ0v) is 21.0. The summed E-state index contributed by atoms with van der Waals surface area (Å²) in [6.07, 6.45) is 13.8. The first-order valence-electron chi connectivity index (χ1n) is 12.4. The van der Waals surface area contributed by atoms with Crippen LogP contribution < -0.4 is 4.73 Å². The van der Waals surface area contributed by atoms with E-state index in [2.05, 4.69) is 29.3 Å². The molecule has 2 aliphatic rings. The average molecular weight is 479 g/mol. The molecule has 0 saturated carbocycles. The first-order valence-corrected chi connectivity index (χ1v) is 12.4. The Morgan fingerprint density at radius 3 is 2.67 bits per heavy atom. The van der Waals surface area contributed by atoms with Gasteiger partial charge in [0.25, 0.3) is 0 Å². The van der Waals surface area contributed by atoms with Gasteiger partial charge in [0.1, 0.15) is 5.60 Å². The molecule has 2 aromatic heterocycles. The highest BCUT2D eigenvalue weighted by Crippen LogP contribution is 2.40. The van der Waals surface area contributed by atoms with Crippen molar-refractivity contribution in [3.63, 3.8) is 0 Å². The Kier molecular flexibility index (Phi) is 6.31. The van der Waals surface area contributed by atoms with Crippen molar-refractivity contribution in [1.82, 2.24) is 4.98 Å². The number of aryl methyl sites for hydroxylation is 1. The van der Waals surface area contributed by atoms with Gasteiger partial charge in [-0.1, -0.05) is 35.9 Å². The van der Waals surface area contributed by atoms with Crippen molar-refractivity contribution in [2.24, 2.45) is 0 Å². The summed E-state index contributed by atoms with van der Waals surface area (Å²) in [4.78, 5) is 16.4. The number of allylic oxidation sites excluding steroid dienone is 4. The minimum Gasteiger partial charge on any atom is -0.618 e. The molecule has 2 aromatic carbocycles. The third kappa shape index (κ3) is 4.87. The van der Waals surface area contributed by atoms with E-state index in [0.717, 1.165) is 29.4 Å². The summed E-state index contributed by atoms with van der Waals surface area (Å²) < 4.78 is 6.37. The molecule has 6 rings (SSSR count). The summed E-state index contributed by atoms with van der Waals surface area (Å²) >= 11 is 0. The van der Waals surface area contributed by atoms with Crippen molar-refractivity contribution in [2.45, 2.75) is 52.1 Å². The molecule has 0 radical (unpaired) electrons. The minimum atomic E-state index is -0.477. The maximum absolute atomic E-state index is 12.5. The van der Waals surface area contributed by atoms with E-state index in [1.165, 1.54) is 40.1 Å². The molecule has 0 atom stereocenters. The zero-order chi connectivity index (χ0) is 25.3. The van der Waals surface area contributed by atoms with Crippen molar-refractivity contribution in [3.8, 4) is 0 Å². The molecule has 0 fully saturated rings. The Bertz CT molecular complexity index is 1520.